The van der Waals surface area contributed by atoms with E-state index in [1.54, 1.807) is 0 Å². The fourth-order valence-electron chi connectivity index (χ4n) is 5.68. The molecule has 0 spiro atoms. The molecule has 4 aliphatic rings. The van der Waals surface area contributed by atoms with Crippen molar-refractivity contribution in [1.82, 2.24) is 15.1 Å². The monoisotopic (exact) mass is 386 g/mol. The molecule has 1 N–H and O–H groups in total. The summed E-state index contributed by atoms with van der Waals surface area (Å²) in [6.45, 7) is 0.426. The van der Waals surface area contributed by atoms with Crippen LogP contribution in [0, 0.1) is 33.8 Å². The molecule has 7 nitrogen and oxygen atoms in total. The molecule has 4 bridgehead atoms. The van der Waals surface area contributed by atoms with E-state index in [1.807, 2.05) is 11.4 Å². The molecule has 4 aliphatic carbocycles. The second-order valence-corrected chi connectivity index (χ2v) is 9.31. The first-order valence-corrected chi connectivity index (χ1v) is 10.5. The molecular weight excluding hydrogens is 364 g/mol. The molecule has 0 aromatic carbocycles. The summed E-state index contributed by atoms with van der Waals surface area (Å²) in [5.74, 6) is 3.14. The van der Waals surface area contributed by atoms with Crippen molar-refractivity contribution >= 4 is 22.9 Å². The summed E-state index contributed by atoms with van der Waals surface area (Å²) in [6.07, 6.45) is 9.20. The Kier molecular flexibility index (Phi) is 4.03. The predicted molar refractivity (Wildman–Crippen MR) is 101 cm³/mol. The minimum Gasteiger partial charge on any atom is -0.348 e. The molecule has 4 fully saturated rings. The SMILES string of the molecule is O=C(NC1C2CC3CC(C2)CC1C3)c1cc(Cn2cc([N+](=O)[O-])cn2)cs1. The molecule has 0 unspecified atom stereocenters. The van der Waals surface area contributed by atoms with Gasteiger partial charge in [-0.25, -0.2) is 0 Å². The maximum Gasteiger partial charge on any atom is 0.307 e. The fourth-order valence-corrected chi connectivity index (χ4v) is 6.49. The van der Waals surface area contributed by atoms with E-state index in [9.17, 15) is 14.9 Å². The molecule has 0 atom stereocenters. The van der Waals surface area contributed by atoms with Crippen molar-refractivity contribution in [2.24, 2.45) is 23.7 Å². The average molecular weight is 386 g/mol. The van der Waals surface area contributed by atoms with E-state index in [0.717, 1.165) is 17.4 Å². The molecule has 2 aromatic rings. The molecule has 0 saturated heterocycles. The van der Waals surface area contributed by atoms with Gasteiger partial charge in [-0.15, -0.1) is 11.3 Å². The first kappa shape index (κ1) is 16.9. The average Bonchev–Trinajstić information content (AvgIpc) is 3.27. The van der Waals surface area contributed by atoms with Crippen molar-refractivity contribution in [3.63, 3.8) is 0 Å². The standard InChI is InChI=1S/C19H22N4O3S/c24-19(21-18-14-2-11-1-12(4-14)5-15(18)3-11)17-6-13(10-27-17)8-22-9-16(7-20-22)23(25)26/h6-7,9-12,14-15,18H,1-5,8H2,(H,21,24). The molecule has 2 heterocycles. The number of thiophene rings is 1. The molecule has 142 valence electrons. The van der Waals surface area contributed by atoms with E-state index in [4.69, 9.17) is 0 Å². The number of nitrogens with zero attached hydrogens (tertiary/aromatic N) is 3. The van der Waals surface area contributed by atoms with Gasteiger partial charge in [0, 0.05) is 6.04 Å². The predicted octanol–water partition coefficient (Wildman–Crippen LogP) is 3.46. The van der Waals surface area contributed by atoms with Crippen LogP contribution in [0.2, 0.25) is 0 Å². The van der Waals surface area contributed by atoms with E-state index in [-0.39, 0.29) is 11.6 Å². The normalized spacial score (nSPS) is 31.2. The summed E-state index contributed by atoms with van der Waals surface area (Å²) in [6, 6.07) is 2.22. The molecule has 6 rings (SSSR count). The highest BCUT2D eigenvalue weighted by Crippen LogP contribution is 2.53. The number of nitro groups is 1. The first-order valence-electron chi connectivity index (χ1n) is 9.60. The summed E-state index contributed by atoms with van der Waals surface area (Å²) < 4.78 is 1.53. The van der Waals surface area contributed by atoms with E-state index >= 15 is 0 Å². The molecule has 0 aliphatic heterocycles. The lowest BCUT2D eigenvalue weighted by molar-refractivity contribution is -0.385. The second-order valence-electron chi connectivity index (χ2n) is 8.40. The van der Waals surface area contributed by atoms with Gasteiger partial charge >= 0.3 is 5.69 Å². The Morgan fingerprint density at radius 2 is 1.96 bits per heavy atom. The number of carbonyl (C=O) groups is 1. The third kappa shape index (κ3) is 3.16. The fraction of sp³-hybridized carbons (Fsp3) is 0.579. The van der Waals surface area contributed by atoms with Crippen LogP contribution in [0.5, 0.6) is 0 Å². The zero-order chi connectivity index (χ0) is 18.5. The van der Waals surface area contributed by atoms with Crippen molar-refractivity contribution in [3.05, 3.63) is 44.4 Å². The number of rotatable bonds is 5. The third-order valence-corrected chi connectivity index (χ3v) is 7.55. The van der Waals surface area contributed by atoms with Crippen molar-refractivity contribution in [1.29, 1.82) is 0 Å². The number of aromatic nitrogens is 2. The number of carbonyl (C=O) groups excluding carboxylic acids is 1. The zero-order valence-corrected chi connectivity index (χ0v) is 15.7. The molecule has 2 aromatic heterocycles. The van der Waals surface area contributed by atoms with Crippen molar-refractivity contribution in [2.45, 2.75) is 44.7 Å². The number of nitrogens with one attached hydrogen (secondary N) is 1. The lowest BCUT2D eigenvalue weighted by atomic mass is 9.54. The van der Waals surface area contributed by atoms with Crippen molar-refractivity contribution in [2.75, 3.05) is 0 Å². The van der Waals surface area contributed by atoms with E-state index in [0.29, 0.717) is 29.3 Å². The van der Waals surface area contributed by atoms with Crippen LogP contribution in [-0.4, -0.2) is 26.7 Å². The summed E-state index contributed by atoms with van der Waals surface area (Å²) in [7, 11) is 0. The van der Waals surface area contributed by atoms with Gasteiger partial charge in [-0.3, -0.25) is 19.6 Å². The van der Waals surface area contributed by atoms with Gasteiger partial charge in [-0.05, 0) is 72.8 Å². The highest BCUT2D eigenvalue weighted by Gasteiger charge is 2.48. The molecule has 27 heavy (non-hydrogen) atoms. The largest absolute Gasteiger partial charge is 0.348 e. The summed E-state index contributed by atoms with van der Waals surface area (Å²) in [4.78, 5) is 23.8. The van der Waals surface area contributed by atoms with Gasteiger partial charge < -0.3 is 5.32 Å². The Hall–Kier alpha value is -2.22. The second kappa shape index (κ2) is 6.44. The molecule has 0 radical (unpaired) electrons. The minimum atomic E-state index is -0.457. The summed E-state index contributed by atoms with van der Waals surface area (Å²) in [5, 5.41) is 20.0. The van der Waals surface area contributed by atoms with Crippen LogP contribution in [0.3, 0.4) is 0 Å². The van der Waals surface area contributed by atoms with Gasteiger partial charge in [-0.1, -0.05) is 0 Å². The van der Waals surface area contributed by atoms with Crippen LogP contribution in [-0.2, 0) is 6.54 Å². The Morgan fingerprint density at radius 3 is 2.59 bits per heavy atom. The van der Waals surface area contributed by atoms with Gasteiger partial charge in [0.15, 0.2) is 0 Å². The topological polar surface area (TPSA) is 90.1 Å². The highest BCUT2D eigenvalue weighted by molar-refractivity contribution is 7.12. The van der Waals surface area contributed by atoms with Crippen molar-refractivity contribution in [3.8, 4) is 0 Å². The van der Waals surface area contributed by atoms with Crippen LogP contribution in [0.25, 0.3) is 0 Å². The lowest BCUT2D eigenvalue weighted by Crippen LogP contribution is -2.55. The number of hydrogen-bond donors (Lipinski definition) is 1. The van der Waals surface area contributed by atoms with Crippen LogP contribution in [0.4, 0.5) is 5.69 Å². The maximum absolute atomic E-state index is 12.8. The van der Waals surface area contributed by atoms with E-state index in [1.165, 1.54) is 60.5 Å². The molecular formula is C19H22N4O3S. The lowest BCUT2D eigenvalue weighted by Gasteiger charge is -2.54. The molecule has 8 heteroatoms. The minimum absolute atomic E-state index is 0.0231. The number of hydrogen-bond acceptors (Lipinski definition) is 5. The summed E-state index contributed by atoms with van der Waals surface area (Å²) >= 11 is 1.43. The van der Waals surface area contributed by atoms with Crippen molar-refractivity contribution < 1.29 is 9.72 Å². The van der Waals surface area contributed by atoms with E-state index < -0.39 is 4.92 Å². The molecule has 4 saturated carbocycles. The van der Waals surface area contributed by atoms with Crippen LogP contribution in [0.15, 0.2) is 23.8 Å². The van der Waals surface area contributed by atoms with Crippen LogP contribution in [0.1, 0.15) is 47.3 Å². The van der Waals surface area contributed by atoms with Gasteiger partial charge in [-0.2, -0.15) is 5.10 Å². The molecule has 1 amide bonds. The zero-order valence-electron chi connectivity index (χ0n) is 14.9. The highest BCUT2D eigenvalue weighted by atomic mass is 32.1. The Morgan fingerprint density at radius 1 is 1.26 bits per heavy atom. The van der Waals surface area contributed by atoms with E-state index in [2.05, 4.69) is 10.4 Å². The van der Waals surface area contributed by atoms with Gasteiger partial charge in [0.2, 0.25) is 0 Å². The smallest absolute Gasteiger partial charge is 0.307 e. The Balaban J connectivity index is 1.24. The quantitative estimate of drug-likeness (QED) is 0.629. The number of amides is 1. The Labute approximate surface area is 160 Å². The van der Waals surface area contributed by atoms with Crippen LogP contribution < -0.4 is 5.32 Å². The maximum atomic E-state index is 12.8. The Bertz CT molecular complexity index is 861. The van der Waals surface area contributed by atoms with Gasteiger partial charge in [0.1, 0.15) is 12.4 Å². The summed E-state index contributed by atoms with van der Waals surface area (Å²) in [5.41, 5.74) is 0.915. The van der Waals surface area contributed by atoms with Gasteiger partial charge in [0.25, 0.3) is 5.91 Å². The third-order valence-electron chi connectivity index (χ3n) is 6.58. The first-order chi connectivity index (χ1) is 13.0. The van der Waals surface area contributed by atoms with Gasteiger partial charge in [0.05, 0.1) is 16.3 Å². The van der Waals surface area contributed by atoms with Crippen LogP contribution >= 0.6 is 11.3 Å².